The molecule has 6 heteroatoms. The van der Waals surface area contributed by atoms with Crippen LogP contribution in [0.2, 0.25) is 5.02 Å². The van der Waals surface area contributed by atoms with Gasteiger partial charge < -0.3 is 14.8 Å². The first-order chi connectivity index (χ1) is 10.9. The molecule has 0 aliphatic rings. The Morgan fingerprint density at radius 3 is 2.43 bits per heavy atom. The largest absolute Gasteiger partial charge is 0.493 e. The summed E-state index contributed by atoms with van der Waals surface area (Å²) < 4.78 is 11.9. The number of benzene rings is 2. The molecular weight excluding hydrogens is 382 g/mol. The summed E-state index contributed by atoms with van der Waals surface area (Å²) >= 11 is 9.59. The lowest BCUT2D eigenvalue weighted by molar-refractivity contribution is 0.102. The molecule has 1 amide bonds. The van der Waals surface area contributed by atoms with Gasteiger partial charge in [-0.3, -0.25) is 4.79 Å². The number of halogens is 2. The van der Waals surface area contributed by atoms with Crippen LogP contribution in [0, 0.1) is 0 Å². The van der Waals surface area contributed by atoms with Crippen molar-refractivity contribution < 1.29 is 14.3 Å². The number of amides is 1. The summed E-state index contributed by atoms with van der Waals surface area (Å²) in [6.07, 6.45) is -0.0520. The summed E-state index contributed by atoms with van der Waals surface area (Å²) in [4.78, 5) is 12.4. The highest BCUT2D eigenvalue weighted by Crippen LogP contribution is 2.37. The van der Waals surface area contributed by atoms with E-state index in [4.69, 9.17) is 21.1 Å². The van der Waals surface area contributed by atoms with Gasteiger partial charge in [-0.25, -0.2) is 0 Å². The molecular formula is C17H17BrClNO3. The fraction of sp³-hybridized carbons (Fsp3) is 0.235. The fourth-order valence-electron chi connectivity index (χ4n) is 1.94. The summed E-state index contributed by atoms with van der Waals surface area (Å²) in [5, 5.41) is 3.14. The van der Waals surface area contributed by atoms with E-state index in [1.807, 2.05) is 26.0 Å². The average Bonchev–Trinajstić information content (AvgIpc) is 2.50. The highest BCUT2D eigenvalue weighted by molar-refractivity contribution is 9.10. The van der Waals surface area contributed by atoms with Crippen molar-refractivity contribution in [3.8, 4) is 11.5 Å². The Hall–Kier alpha value is -1.72. The second-order valence-electron chi connectivity index (χ2n) is 5.12. The minimum Gasteiger partial charge on any atom is -0.493 e. The molecule has 2 aromatic carbocycles. The minimum atomic E-state index is -0.274. The van der Waals surface area contributed by atoms with E-state index >= 15 is 0 Å². The van der Waals surface area contributed by atoms with E-state index < -0.39 is 0 Å². The minimum absolute atomic E-state index is 0.0520. The van der Waals surface area contributed by atoms with Crippen molar-refractivity contribution in [2.75, 3.05) is 12.4 Å². The van der Waals surface area contributed by atoms with E-state index in [-0.39, 0.29) is 12.0 Å². The van der Waals surface area contributed by atoms with Gasteiger partial charge in [-0.2, -0.15) is 0 Å². The molecule has 0 radical (unpaired) electrons. The first-order valence-electron chi connectivity index (χ1n) is 7.02. The standard InChI is InChI=1S/C17H17BrClNO3/c1-10(2)23-16-14(19)8-11(9-15(16)22-3)17(21)20-13-6-4-12(18)5-7-13/h4-10H,1-3H3,(H,20,21). The van der Waals surface area contributed by atoms with Crippen molar-refractivity contribution in [1.82, 2.24) is 0 Å². The maximum Gasteiger partial charge on any atom is 0.255 e. The van der Waals surface area contributed by atoms with Crippen molar-refractivity contribution in [2.24, 2.45) is 0 Å². The molecule has 1 N–H and O–H groups in total. The Labute approximate surface area is 148 Å². The summed E-state index contributed by atoms with van der Waals surface area (Å²) in [5.41, 5.74) is 1.08. The maximum absolute atomic E-state index is 12.4. The topological polar surface area (TPSA) is 47.6 Å². The highest BCUT2D eigenvalue weighted by Gasteiger charge is 2.17. The zero-order valence-electron chi connectivity index (χ0n) is 13.0. The average molecular weight is 399 g/mol. The lowest BCUT2D eigenvalue weighted by Gasteiger charge is -2.16. The van der Waals surface area contributed by atoms with Gasteiger partial charge in [-0.05, 0) is 50.2 Å². The number of methoxy groups -OCH3 is 1. The van der Waals surface area contributed by atoms with E-state index in [0.29, 0.717) is 27.8 Å². The number of hydrogen-bond acceptors (Lipinski definition) is 3. The van der Waals surface area contributed by atoms with Crippen LogP contribution < -0.4 is 14.8 Å². The van der Waals surface area contributed by atoms with Crippen molar-refractivity contribution in [3.05, 3.63) is 51.5 Å². The van der Waals surface area contributed by atoms with Crippen LogP contribution in [0.5, 0.6) is 11.5 Å². The van der Waals surface area contributed by atoms with Gasteiger partial charge in [0.25, 0.3) is 5.91 Å². The molecule has 4 nitrogen and oxygen atoms in total. The van der Waals surface area contributed by atoms with Crippen LogP contribution in [-0.2, 0) is 0 Å². The number of carbonyl (C=O) groups excluding carboxylic acids is 1. The number of anilines is 1. The quantitative estimate of drug-likeness (QED) is 0.757. The summed E-state index contributed by atoms with van der Waals surface area (Å²) in [6, 6.07) is 10.5. The van der Waals surface area contributed by atoms with Gasteiger partial charge >= 0.3 is 0 Å². The Kier molecular flexibility index (Phi) is 5.91. The predicted molar refractivity (Wildman–Crippen MR) is 95.9 cm³/mol. The molecule has 0 atom stereocenters. The normalized spacial score (nSPS) is 10.5. The van der Waals surface area contributed by atoms with Crippen molar-refractivity contribution >= 4 is 39.1 Å². The molecule has 0 aliphatic carbocycles. The molecule has 0 saturated carbocycles. The molecule has 2 rings (SSSR count). The third kappa shape index (κ3) is 4.62. The van der Waals surface area contributed by atoms with Crippen molar-refractivity contribution in [3.63, 3.8) is 0 Å². The second-order valence-corrected chi connectivity index (χ2v) is 6.44. The van der Waals surface area contributed by atoms with Crippen molar-refractivity contribution in [1.29, 1.82) is 0 Å². The van der Waals surface area contributed by atoms with Gasteiger partial charge in [0.15, 0.2) is 11.5 Å². The number of nitrogens with one attached hydrogen (secondary N) is 1. The fourth-order valence-corrected chi connectivity index (χ4v) is 2.46. The molecule has 0 saturated heterocycles. The van der Waals surface area contributed by atoms with Crippen LogP contribution in [0.25, 0.3) is 0 Å². The number of rotatable bonds is 5. The van der Waals surface area contributed by atoms with Gasteiger partial charge in [-0.1, -0.05) is 27.5 Å². The zero-order valence-corrected chi connectivity index (χ0v) is 15.4. The predicted octanol–water partition coefficient (Wildman–Crippen LogP) is 5.15. The van der Waals surface area contributed by atoms with Crippen LogP contribution in [-0.4, -0.2) is 19.1 Å². The van der Waals surface area contributed by atoms with Gasteiger partial charge in [0.1, 0.15) is 0 Å². The van der Waals surface area contributed by atoms with E-state index in [1.54, 1.807) is 24.3 Å². The summed E-state index contributed by atoms with van der Waals surface area (Å²) in [7, 11) is 1.51. The van der Waals surface area contributed by atoms with Gasteiger partial charge in [0.2, 0.25) is 0 Å². The SMILES string of the molecule is COc1cc(C(=O)Nc2ccc(Br)cc2)cc(Cl)c1OC(C)C. The monoisotopic (exact) mass is 397 g/mol. The Morgan fingerprint density at radius 1 is 1.22 bits per heavy atom. The van der Waals surface area contributed by atoms with Crippen molar-refractivity contribution in [2.45, 2.75) is 20.0 Å². The van der Waals surface area contributed by atoms with E-state index in [0.717, 1.165) is 4.47 Å². The summed E-state index contributed by atoms with van der Waals surface area (Å²) in [6.45, 7) is 3.79. The van der Waals surface area contributed by atoms with Gasteiger partial charge in [-0.15, -0.1) is 0 Å². The molecule has 0 fully saturated rings. The van der Waals surface area contributed by atoms with Gasteiger partial charge in [0.05, 0.1) is 18.2 Å². The number of ether oxygens (including phenoxy) is 2. The smallest absolute Gasteiger partial charge is 0.255 e. The zero-order chi connectivity index (χ0) is 17.0. The lowest BCUT2D eigenvalue weighted by Crippen LogP contribution is -2.13. The van der Waals surface area contributed by atoms with Crippen LogP contribution in [0.15, 0.2) is 40.9 Å². The molecule has 122 valence electrons. The highest BCUT2D eigenvalue weighted by atomic mass is 79.9. The second kappa shape index (κ2) is 7.70. The van der Waals surface area contributed by atoms with E-state index in [9.17, 15) is 4.79 Å². The van der Waals surface area contributed by atoms with Crippen LogP contribution in [0.1, 0.15) is 24.2 Å². The number of carbonyl (C=O) groups is 1. The van der Waals surface area contributed by atoms with Gasteiger partial charge in [0, 0.05) is 15.7 Å². The molecule has 23 heavy (non-hydrogen) atoms. The Balaban J connectivity index is 2.26. The van der Waals surface area contributed by atoms with Crippen LogP contribution >= 0.6 is 27.5 Å². The first-order valence-corrected chi connectivity index (χ1v) is 8.19. The Bertz CT molecular complexity index is 702. The molecule has 0 unspecified atom stereocenters. The third-order valence-electron chi connectivity index (χ3n) is 2.95. The molecule has 0 aromatic heterocycles. The van der Waals surface area contributed by atoms with E-state index in [1.165, 1.54) is 7.11 Å². The third-order valence-corrected chi connectivity index (χ3v) is 3.76. The maximum atomic E-state index is 12.4. The number of hydrogen-bond donors (Lipinski definition) is 1. The molecule has 0 bridgehead atoms. The molecule has 2 aromatic rings. The Morgan fingerprint density at radius 2 is 1.87 bits per heavy atom. The summed E-state index contributed by atoms with van der Waals surface area (Å²) in [5.74, 6) is 0.583. The molecule has 0 aliphatic heterocycles. The van der Waals surface area contributed by atoms with Crippen LogP contribution in [0.3, 0.4) is 0 Å². The van der Waals surface area contributed by atoms with Crippen LogP contribution in [0.4, 0.5) is 5.69 Å². The molecule has 0 spiro atoms. The first kappa shape index (κ1) is 17.6. The lowest BCUT2D eigenvalue weighted by atomic mass is 10.1. The van der Waals surface area contributed by atoms with E-state index in [2.05, 4.69) is 21.2 Å². The molecule has 0 heterocycles.